The van der Waals surface area contributed by atoms with Gasteiger partial charge in [0.2, 0.25) is 0 Å². The Morgan fingerprint density at radius 1 is 0.880 bits per heavy atom. The topological polar surface area (TPSA) is 36.9 Å². The van der Waals surface area contributed by atoms with Crippen molar-refractivity contribution >= 4 is 58.1 Å². The molecule has 0 aliphatic rings. The second kappa shape index (κ2) is 7.56. The summed E-state index contributed by atoms with van der Waals surface area (Å²) < 4.78 is 5.78. The van der Waals surface area contributed by atoms with E-state index >= 15 is 0 Å². The first kappa shape index (κ1) is 17.9. The number of benzene rings is 2. The highest BCUT2D eigenvalue weighted by Crippen LogP contribution is 2.32. The Balaban J connectivity index is 1.96. The van der Waals surface area contributed by atoms with Crippen molar-refractivity contribution in [3.05, 3.63) is 79.9 Å². The van der Waals surface area contributed by atoms with Crippen LogP contribution in [0.3, 0.4) is 0 Å². The molecule has 0 saturated carbocycles. The average molecular weight is 409 g/mol. The van der Waals surface area contributed by atoms with Gasteiger partial charge in [-0.2, -0.15) is 5.26 Å². The summed E-state index contributed by atoms with van der Waals surface area (Å²) in [6, 6.07) is 15.9. The Hall–Kier alpha value is -1.89. The van der Waals surface area contributed by atoms with Crippen LogP contribution in [0.5, 0.6) is 0 Å². The minimum absolute atomic E-state index is 0.372. The minimum Gasteiger partial charge on any atom is -0.457 e. The lowest BCUT2D eigenvalue weighted by Crippen LogP contribution is -1.83. The molecule has 124 valence electrons. The van der Waals surface area contributed by atoms with E-state index in [1.165, 1.54) is 0 Å². The molecule has 2 nitrogen and oxygen atoms in total. The number of allylic oxidation sites excluding steroid dienone is 1. The van der Waals surface area contributed by atoms with Gasteiger partial charge in [0.1, 0.15) is 11.5 Å². The lowest BCUT2D eigenvalue weighted by Gasteiger charge is -2.03. The zero-order valence-electron chi connectivity index (χ0n) is 12.6. The fourth-order valence-electron chi connectivity index (χ4n) is 2.26. The van der Waals surface area contributed by atoms with E-state index in [2.05, 4.69) is 6.07 Å². The molecule has 2 aromatic carbocycles. The molecule has 3 rings (SSSR count). The molecule has 0 bridgehead atoms. The third kappa shape index (κ3) is 4.03. The van der Waals surface area contributed by atoms with E-state index in [-0.39, 0.29) is 0 Å². The fraction of sp³-hybridized carbons (Fsp3) is 0. The molecule has 1 aromatic heterocycles. The van der Waals surface area contributed by atoms with Crippen LogP contribution in [0.2, 0.25) is 20.1 Å². The molecule has 0 aliphatic heterocycles. The third-order valence-corrected chi connectivity index (χ3v) is 4.75. The van der Waals surface area contributed by atoms with Crippen molar-refractivity contribution in [2.24, 2.45) is 0 Å². The highest BCUT2D eigenvalue weighted by molar-refractivity contribution is 6.42. The van der Waals surface area contributed by atoms with Gasteiger partial charge in [-0.15, -0.1) is 0 Å². The summed E-state index contributed by atoms with van der Waals surface area (Å²) >= 11 is 24.0. The van der Waals surface area contributed by atoms with Crippen LogP contribution in [-0.2, 0) is 0 Å². The van der Waals surface area contributed by atoms with Gasteiger partial charge in [0.15, 0.2) is 0 Å². The molecule has 0 saturated heterocycles. The van der Waals surface area contributed by atoms with Crippen LogP contribution in [0.4, 0.5) is 0 Å². The van der Waals surface area contributed by atoms with E-state index in [1.807, 2.05) is 6.07 Å². The second-order valence-corrected chi connectivity index (χ2v) is 6.78. The Morgan fingerprint density at radius 3 is 2.36 bits per heavy atom. The van der Waals surface area contributed by atoms with Crippen molar-refractivity contribution in [1.82, 2.24) is 0 Å². The molecule has 0 aliphatic carbocycles. The van der Waals surface area contributed by atoms with Crippen molar-refractivity contribution < 1.29 is 4.42 Å². The van der Waals surface area contributed by atoms with Crippen molar-refractivity contribution in [2.45, 2.75) is 0 Å². The van der Waals surface area contributed by atoms with E-state index < -0.39 is 0 Å². The van der Waals surface area contributed by atoms with Gasteiger partial charge in [0, 0.05) is 16.1 Å². The van der Waals surface area contributed by atoms with E-state index in [9.17, 15) is 5.26 Å². The van der Waals surface area contributed by atoms with Gasteiger partial charge < -0.3 is 4.42 Å². The summed E-state index contributed by atoms with van der Waals surface area (Å²) in [5.41, 5.74) is 1.75. The Labute approximate surface area is 164 Å². The summed E-state index contributed by atoms with van der Waals surface area (Å²) in [5, 5.41) is 11.3. The van der Waals surface area contributed by atoms with Crippen molar-refractivity contribution in [1.29, 1.82) is 5.26 Å². The van der Waals surface area contributed by atoms with Gasteiger partial charge in [-0.05, 0) is 48.5 Å². The Bertz CT molecular complexity index is 1010. The lowest BCUT2D eigenvalue weighted by atomic mass is 10.1. The number of hydrogen-bond acceptors (Lipinski definition) is 2. The molecule has 0 fully saturated rings. The van der Waals surface area contributed by atoms with Crippen molar-refractivity contribution in [2.75, 3.05) is 0 Å². The average Bonchev–Trinajstić information content (AvgIpc) is 3.04. The number of hydrogen-bond donors (Lipinski definition) is 0. The van der Waals surface area contributed by atoms with E-state index in [0.29, 0.717) is 42.7 Å². The fourth-order valence-corrected chi connectivity index (χ4v) is 3.06. The number of furan rings is 1. The first-order chi connectivity index (χ1) is 12.0. The summed E-state index contributed by atoms with van der Waals surface area (Å²) in [6.07, 6.45) is 1.62. The Kier molecular flexibility index (Phi) is 5.42. The summed E-state index contributed by atoms with van der Waals surface area (Å²) in [4.78, 5) is 0. The van der Waals surface area contributed by atoms with Gasteiger partial charge in [0.25, 0.3) is 0 Å². The molecular formula is C19H9Cl4NO. The molecule has 0 spiro atoms. The highest BCUT2D eigenvalue weighted by atomic mass is 35.5. The van der Waals surface area contributed by atoms with E-state index in [4.69, 9.17) is 50.8 Å². The van der Waals surface area contributed by atoms with Crippen LogP contribution in [0.25, 0.3) is 23.0 Å². The predicted molar refractivity (Wildman–Crippen MR) is 104 cm³/mol. The summed E-state index contributed by atoms with van der Waals surface area (Å²) in [6.45, 7) is 0. The molecule has 1 heterocycles. The van der Waals surface area contributed by atoms with Gasteiger partial charge >= 0.3 is 0 Å². The molecule has 0 N–H and O–H groups in total. The normalized spacial score (nSPS) is 11.4. The third-order valence-electron chi connectivity index (χ3n) is 3.46. The first-order valence-electron chi connectivity index (χ1n) is 7.10. The van der Waals surface area contributed by atoms with Gasteiger partial charge in [-0.3, -0.25) is 0 Å². The van der Waals surface area contributed by atoms with Crippen LogP contribution in [0.1, 0.15) is 11.3 Å². The van der Waals surface area contributed by atoms with Gasteiger partial charge in [-0.25, -0.2) is 0 Å². The maximum atomic E-state index is 9.44. The van der Waals surface area contributed by atoms with Crippen molar-refractivity contribution in [3.8, 4) is 17.4 Å². The molecular weight excluding hydrogens is 400 g/mol. The minimum atomic E-state index is 0.372. The number of halogens is 4. The lowest BCUT2D eigenvalue weighted by molar-refractivity contribution is 0.572. The Morgan fingerprint density at radius 2 is 1.68 bits per heavy atom. The molecule has 0 radical (unpaired) electrons. The zero-order valence-corrected chi connectivity index (χ0v) is 15.6. The standard InChI is InChI=1S/C19H9Cl4NO/c20-13-2-4-15(17(22)9-13)12(10-24)7-14-3-6-19(25-14)11-1-5-16(21)18(23)8-11/h1-9H/b12-7+. The molecule has 0 unspecified atom stereocenters. The number of nitrogens with zero attached hydrogens (tertiary/aromatic N) is 1. The van der Waals surface area contributed by atoms with Crippen LogP contribution in [0, 0.1) is 11.3 Å². The molecule has 0 amide bonds. The number of nitriles is 1. The molecule has 0 atom stereocenters. The second-order valence-electron chi connectivity index (χ2n) is 5.12. The number of rotatable bonds is 3. The van der Waals surface area contributed by atoms with Crippen LogP contribution >= 0.6 is 46.4 Å². The maximum Gasteiger partial charge on any atom is 0.134 e. The highest BCUT2D eigenvalue weighted by Gasteiger charge is 2.10. The maximum absolute atomic E-state index is 9.44. The quantitative estimate of drug-likeness (QED) is 0.417. The molecule has 6 heteroatoms. The van der Waals surface area contributed by atoms with E-state index in [1.54, 1.807) is 48.5 Å². The van der Waals surface area contributed by atoms with E-state index in [0.717, 1.165) is 5.56 Å². The van der Waals surface area contributed by atoms with Crippen LogP contribution in [0.15, 0.2) is 52.9 Å². The summed E-state index contributed by atoms with van der Waals surface area (Å²) in [5.74, 6) is 1.13. The zero-order chi connectivity index (χ0) is 18.0. The largest absolute Gasteiger partial charge is 0.457 e. The summed E-state index contributed by atoms with van der Waals surface area (Å²) in [7, 11) is 0. The first-order valence-corrected chi connectivity index (χ1v) is 8.61. The van der Waals surface area contributed by atoms with Crippen LogP contribution < -0.4 is 0 Å². The SMILES string of the molecule is N#C/C(=C\c1ccc(-c2ccc(Cl)c(Cl)c2)o1)c1ccc(Cl)cc1Cl. The van der Waals surface area contributed by atoms with Gasteiger partial charge in [-0.1, -0.05) is 52.5 Å². The molecule has 25 heavy (non-hydrogen) atoms. The van der Waals surface area contributed by atoms with Crippen LogP contribution in [-0.4, -0.2) is 0 Å². The monoisotopic (exact) mass is 407 g/mol. The van der Waals surface area contributed by atoms with Crippen molar-refractivity contribution in [3.63, 3.8) is 0 Å². The molecule has 3 aromatic rings. The smallest absolute Gasteiger partial charge is 0.134 e. The van der Waals surface area contributed by atoms with Gasteiger partial charge in [0.05, 0.1) is 26.7 Å². The predicted octanol–water partition coefficient (Wildman–Crippen LogP) is 7.62.